The van der Waals surface area contributed by atoms with Crippen molar-refractivity contribution < 1.29 is 9.53 Å². The fourth-order valence-corrected chi connectivity index (χ4v) is 3.91. The third kappa shape index (κ3) is 3.52. The lowest BCUT2D eigenvalue weighted by molar-refractivity contribution is -0.0410. The molecule has 1 spiro atoms. The molecule has 6 nitrogen and oxygen atoms in total. The number of piperidine rings is 1. The minimum Gasteiger partial charge on any atom is -0.371 e. The molecular formula is C15H24N4O2S. The van der Waals surface area contributed by atoms with Gasteiger partial charge in [0, 0.05) is 30.6 Å². The average molecular weight is 324 g/mol. The molecule has 122 valence electrons. The second-order valence-corrected chi connectivity index (χ2v) is 7.40. The molecule has 22 heavy (non-hydrogen) atoms. The first-order chi connectivity index (χ1) is 10.6. The average Bonchev–Trinajstić information content (AvgIpc) is 3.10. The Morgan fingerprint density at radius 2 is 2.45 bits per heavy atom. The number of urea groups is 1. The van der Waals surface area contributed by atoms with E-state index in [4.69, 9.17) is 4.74 Å². The van der Waals surface area contributed by atoms with Crippen molar-refractivity contribution in [2.45, 2.75) is 50.8 Å². The zero-order chi connectivity index (χ0) is 15.6. The Balaban J connectivity index is 1.58. The predicted molar refractivity (Wildman–Crippen MR) is 87.3 cm³/mol. The van der Waals surface area contributed by atoms with Gasteiger partial charge in [-0.15, -0.1) is 11.3 Å². The summed E-state index contributed by atoms with van der Waals surface area (Å²) in [6.45, 7) is 6.14. The van der Waals surface area contributed by atoms with Crippen LogP contribution in [0.25, 0.3) is 0 Å². The highest BCUT2D eigenvalue weighted by atomic mass is 32.1. The van der Waals surface area contributed by atoms with E-state index < -0.39 is 0 Å². The number of carbonyl (C=O) groups excluding carboxylic acids is 1. The molecule has 2 aliphatic heterocycles. The second-order valence-electron chi connectivity index (χ2n) is 6.51. The minimum absolute atomic E-state index is 0.0222. The Hall–Kier alpha value is -1.34. The maximum absolute atomic E-state index is 12.2. The number of ether oxygens (including phenoxy) is 1. The number of anilines is 1. The van der Waals surface area contributed by atoms with E-state index in [0.29, 0.717) is 13.2 Å². The maximum Gasteiger partial charge on any atom is 0.317 e. The number of aromatic nitrogens is 1. The van der Waals surface area contributed by atoms with E-state index in [1.165, 1.54) is 0 Å². The fraction of sp³-hybridized carbons (Fsp3) is 0.733. The van der Waals surface area contributed by atoms with Crippen molar-refractivity contribution in [3.8, 4) is 0 Å². The van der Waals surface area contributed by atoms with Crippen LogP contribution in [-0.4, -0.2) is 53.3 Å². The summed E-state index contributed by atoms with van der Waals surface area (Å²) in [5, 5.41) is 9.31. The summed E-state index contributed by atoms with van der Waals surface area (Å²) in [6, 6.07) is 0.461. The molecule has 0 bridgehead atoms. The number of rotatable bonds is 3. The van der Waals surface area contributed by atoms with Gasteiger partial charge in [0.1, 0.15) is 0 Å². The van der Waals surface area contributed by atoms with Crippen LogP contribution in [-0.2, 0) is 4.74 Å². The lowest BCUT2D eigenvalue weighted by Crippen LogP contribution is -2.54. The summed E-state index contributed by atoms with van der Waals surface area (Å²) >= 11 is 1.60. The molecule has 0 radical (unpaired) electrons. The van der Waals surface area contributed by atoms with Crippen LogP contribution >= 0.6 is 11.3 Å². The van der Waals surface area contributed by atoms with Gasteiger partial charge in [-0.3, -0.25) is 0 Å². The summed E-state index contributed by atoms with van der Waals surface area (Å²) in [6.07, 6.45) is 4.75. The first kappa shape index (κ1) is 15.6. The van der Waals surface area contributed by atoms with Gasteiger partial charge in [-0.1, -0.05) is 0 Å². The summed E-state index contributed by atoms with van der Waals surface area (Å²) in [5.41, 5.74) is -0.193. The van der Waals surface area contributed by atoms with Crippen LogP contribution in [0.15, 0.2) is 11.6 Å². The smallest absolute Gasteiger partial charge is 0.317 e. The lowest BCUT2D eigenvalue weighted by atomic mass is 9.89. The summed E-state index contributed by atoms with van der Waals surface area (Å²) in [7, 11) is 0. The van der Waals surface area contributed by atoms with Crippen LogP contribution in [0, 0.1) is 0 Å². The summed E-state index contributed by atoms with van der Waals surface area (Å²) in [5.74, 6) is 0. The van der Waals surface area contributed by atoms with Gasteiger partial charge in [-0.05, 0) is 26.7 Å². The van der Waals surface area contributed by atoms with Gasteiger partial charge < -0.3 is 20.3 Å². The zero-order valence-electron chi connectivity index (χ0n) is 13.2. The van der Waals surface area contributed by atoms with Crippen LogP contribution in [0.1, 0.15) is 33.1 Å². The van der Waals surface area contributed by atoms with E-state index in [1.54, 1.807) is 17.5 Å². The first-order valence-corrected chi connectivity index (χ1v) is 8.80. The standard InChI is InChI=1S/C15H24N4O2S/c1-11(2)17-14(20)19-6-3-4-15(10-19)8-12(9-21-15)18-13-16-5-7-22-13/h5,7,11-12H,3-4,6,8-10H2,1-2H3,(H,16,18)(H,17,20)/t12-,15+/m0/s1. The number of carbonyl (C=O) groups is 1. The molecule has 2 atom stereocenters. The summed E-state index contributed by atoms with van der Waals surface area (Å²) in [4.78, 5) is 18.4. The van der Waals surface area contributed by atoms with Crippen molar-refractivity contribution in [3.05, 3.63) is 11.6 Å². The predicted octanol–water partition coefficient (Wildman–Crippen LogP) is 2.30. The molecule has 2 amide bonds. The SMILES string of the molecule is CC(C)NC(=O)N1CCC[C@@]2(C[C@H](Nc3nccs3)CO2)C1. The monoisotopic (exact) mass is 324 g/mol. The molecule has 0 saturated carbocycles. The molecule has 1 aromatic rings. The molecular weight excluding hydrogens is 300 g/mol. The van der Waals surface area contributed by atoms with Gasteiger partial charge >= 0.3 is 6.03 Å². The van der Waals surface area contributed by atoms with E-state index >= 15 is 0 Å². The highest BCUT2D eigenvalue weighted by molar-refractivity contribution is 7.13. The summed E-state index contributed by atoms with van der Waals surface area (Å²) < 4.78 is 6.12. The van der Waals surface area contributed by atoms with E-state index in [2.05, 4.69) is 15.6 Å². The molecule has 0 aliphatic carbocycles. The third-order valence-electron chi connectivity index (χ3n) is 4.21. The van der Waals surface area contributed by atoms with E-state index in [9.17, 15) is 4.79 Å². The van der Waals surface area contributed by atoms with Crippen molar-refractivity contribution in [2.24, 2.45) is 0 Å². The van der Waals surface area contributed by atoms with Crippen molar-refractivity contribution in [1.29, 1.82) is 0 Å². The number of hydrogen-bond acceptors (Lipinski definition) is 5. The van der Waals surface area contributed by atoms with Crippen LogP contribution in [0.5, 0.6) is 0 Å². The topological polar surface area (TPSA) is 66.5 Å². The first-order valence-electron chi connectivity index (χ1n) is 7.92. The van der Waals surface area contributed by atoms with Crippen LogP contribution in [0.3, 0.4) is 0 Å². The van der Waals surface area contributed by atoms with Crippen molar-refractivity contribution in [1.82, 2.24) is 15.2 Å². The molecule has 0 aromatic carbocycles. The molecule has 3 heterocycles. The zero-order valence-corrected chi connectivity index (χ0v) is 14.0. The Kier molecular flexibility index (Phi) is 4.54. The molecule has 0 unspecified atom stereocenters. The highest BCUT2D eigenvalue weighted by Crippen LogP contribution is 2.36. The highest BCUT2D eigenvalue weighted by Gasteiger charge is 2.44. The van der Waals surface area contributed by atoms with Gasteiger partial charge in [0.15, 0.2) is 5.13 Å². The van der Waals surface area contributed by atoms with Crippen LogP contribution in [0.2, 0.25) is 0 Å². The fourth-order valence-electron chi connectivity index (χ4n) is 3.30. The van der Waals surface area contributed by atoms with E-state index in [0.717, 1.165) is 30.9 Å². The number of nitrogens with one attached hydrogen (secondary N) is 2. The van der Waals surface area contributed by atoms with Crippen molar-refractivity contribution >= 4 is 22.5 Å². The largest absolute Gasteiger partial charge is 0.371 e. The Morgan fingerprint density at radius 1 is 1.59 bits per heavy atom. The normalized spacial score (nSPS) is 28.3. The molecule has 2 fully saturated rings. The van der Waals surface area contributed by atoms with Crippen molar-refractivity contribution in [2.75, 3.05) is 25.0 Å². The van der Waals surface area contributed by atoms with Crippen molar-refractivity contribution in [3.63, 3.8) is 0 Å². The number of thiazole rings is 1. The van der Waals surface area contributed by atoms with E-state index in [1.807, 2.05) is 24.1 Å². The molecule has 2 aliphatic rings. The Bertz CT molecular complexity index is 508. The molecule has 2 saturated heterocycles. The van der Waals surface area contributed by atoms with E-state index in [-0.39, 0.29) is 23.7 Å². The van der Waals surface area contributed by atoms with Gasteiger partial charge in [0.2, 0.25) is 0 Å². The van der Waals surface area contributed by atoms with Gasteiger partial charge in [-0.25, -0.2) is 9.78 Å². The molecule has 2 N–H and O–H groups in total. The minimum atomic E-state index is -0.193. The number of amides is 2. The quantitative estimate of drug-likeness (QED) is 0.895. The second kappa shape index (κ2) is 6.42. The van der Waals surface area contributed by atoms with Gasteiger partial charge in [0.25, 0.3) is 0 Å². The number of hydrogen-bond donors (Lipinski definition) is 2. The Morgan fingerprint density at radius 3 is 3.18 bits per heavy atom. The maximum atomic E-state index is 12.2. The number of nitrogens with zero attached hydrogens (tertiary/aromatic N) is 2. The lowest BCUT2D eigenvalue weighted by Gasteiger charge is -2.39. The third-order valence-corrected chi connectivity index (χ3v) is 4.91. The number of likely N-dealkylation sites (tertiary alicyclic amines) is 1. The van der Waals surface area contributed by atoms with Gasteiger partial charge in [-0.2, -0.15) is 0 Å². The van der Waals surface area contributed by atoms with Gasteiger partial charge in [0.05, 0.1) is 24.8 Å². The van der Waals surface area contributed by atoms with Crippen LogP contribution in [0.4, 0.5) is 9.93 Å². The molecule has 3 rings (SSSR count). The molecule has 7 heteroatoms. The molecule has 1 aromatic heterocycles. The van der Waals surface area contributed by atoms with Crippen LogP contribution < -0.4 is 10.6 Å². The Labute approximate surface area is 135 Å².